The van der Waals surface area contributed by atoms with Crippen LogP contribution in [-0.2, 0) is 6.18 Å². The van der Waals surface area contributed by atoms with E-state index in [-0.39, 0.29) is 33.8 Å². The molecule has 0 spiro atoms. The van der Waals surface area contributed by atoms with Crippen LogP contribution in [0.2, 0.25) is 0 Å². The summed E-state index contributed by atoms with van der Waals surface area (Å²) in [6, 6.07) is 18.2. The molecule has 0 fully saturated rings. The number of thiazole rings is 1. The number of nitrogens with zero attached hydrogens (tertiary/aromatic N) is 4. The molecule has 0 atom stereocenters. The van der Waals surface area contributed by atoms with Crippen LogP contribution >= 0.6 is 35.8 Å². The molecule has 5 aromatic rings. The maximum atomic E-state index is 13.6. The summed E-state index contributed by atoms with van der Waals surface area (Å²) in [5, 5.41) is 14.3. The number of fused-ring (bicyclic) bond motifs is 1. The van der Waals surface area contributed by atoms with Crippen LogP contribution < -0.4 is 26.6 Å². The zero-order chi connectivity index (χ0) is 29.0. The lowest BCUT2D eigenvalue weighted by Gasteiger charge is -2.16. The SMILES string of the molecule is Fc1ccc2nc(Nc3nc(NC(=S)Nc4ccccc4)nc(NC(=S)Nc4ccccc4C(F)(F)F)n3)sc2c1. The summed E-state index contributed by atoms with van der Waals surface area (Å²) in [6.45, 7) is 0. The Morgan fingerprint density at radius 1 is 0.707 bits per heavy atom. The normalized spacial score (nSPS) is 11.1. The van der Waals surface area contributed by atoms with Gasteiger partial charge in [-0.25, -0.2) is 9.37 Å². The van der Waals surface area contributed by atoms with Gasteiger partial charge in [-0.05, 0) is 66.9 Å². The van der Waals surface area contributed by atoms with Gasteiger partial charge in [0.15, 0.2) is 15.4 Å². The minimum atomic E-state index is -4.60. The van der Waals surface area contributed by atoms with E-state index >= 15 is 0 Å². The fraction of sp³-hybridized carbons (Fsp3) is 0.0400. The van der Waals surface area contributed by atoms with Crippen molar-refractivity contribution in [1.29, 1.82) is 0 Å². The maximum Gasteiger partial charge on any atom is 0.418 e. The molecule has 0 aliphatic heterocycles. The molecule has 2 heterocycles. The number of alkyl halides is 3. The molecule has 208 valence electrons. The Hall–Kier alpha value is -4.54. The Morgan fingerprint density at radius 2 is 1.34 bits per heavy atom. The van der Waals surface area contributed by atoms with Crippen LogP contribution in [0, 0.1) is 5.82 Å². The number of benzene rings is 3. The molecule has 0 amide bonds. The monoisotopic (exact) mass is 615 g/mol. The van der Waals surface area contributed by atoms with Crippen molar-refractivity contribution >= 4 is 90.6 Å². The first-order valence-electron chi connectivity index (χ1n) is 11.6. The van der Waals surface area contributed by atoms with Crippen molar-refractivity contribution in [2.75, 3.05) is 26.6 Å². The highest BCUT2D eigenvalue weighted by Crippen LogP contribution is 2.34. The van der Waals surface area contributed by atoms with E-state index in [0.29, 0.717) is 21.0 Å². The third kappa shape index (κ3) is 7.36. The first kappa shape index (κ1) is 28.0. The van der Waals surface area contributed by atoms with E-state index in [1.165, 1.54) is 47.7 Å². The molecule has 2 aromatic heterocycles. The number of halogens is 4. The summed E-state index contributed by atoms with van der Waals surface area (Å²) in [7, 11) is 0. The number of para-hydroxylation sites is 2. The van der Waals surface area contributed by atoms with Crippen LogP contribution in [0.3, 0.4) is 0 Å². The average molecular weight is 616 g/mol. The standard InChI is InChI=1S/C25H17F4N9S3/c26-13-10-11-17-18(12-13)41-24(32-17)38-21-34-19(36-22(39)30-14-6-2-1-3-7-14)33-20(35-21)37-23(40)31-16-9-5-4-8-15(16)25(27,28)29/h1-12H,(H5,30,31,32,33,34,35,36,37,38,39,40). The van der Waals surface area contributed by atoms with Gasteiger partial charge in [0.1, 0.15) is 5.82 Å². The number of rotatable bonds is 6. The van der Waals surface area contributed by atoms with Gasteiger partial charge in [0.25, 0.3) is 0 Å². The largest absolute Gasteiger partial charge is 0.418 e. The van der Waals surface area contributed by atoms with Crippen LogP contribution in [-0.4, -0.2) is 30.2 Å². The summed E-state index contributed by atoms with van der Waals surface area (Å²) in [5.41, 5.74) is 0.130. The molecule has 0 saturated heterocycles. The third-order valence-corrected chi connectivity index (χ3v) is 6.51. The highest BCUT2D eigenvalue weighted by atomic mass is 32.1. The molecule has 0 unspecified atom stereocenters. The number of aromatic nitrogens is 4. The number of thiocarbonyl (C=S) groups is 2. The zero-order valence-electron chi connectivity index (χ0n) is 20.5. The number of hydrogen-bond donors (Lipinski definition) is 5. The Labute approximate surface area is 244 Å². The van der Waals surface area contributed by atoms with Crippen LogP contribution in [0.1, 0.15) is 5.56 Å². The highest BCUT2D eigenvalue weighted by molar-refractivity contribution is 7.81. The topological polar surface area (TPSA) is 112 Å². The predicted molar refractivity (Wildman–Crippen MR) is 160 cm³/mol. The van der Waals surface area contributed by atoms with Gasteiger partial charge in [0, 0.05) is 5.69 Å². The van der Waals surface area contributed by atoms with Crippen molar-refractivity contribution in [1.82, 2.24) is 19.9 Å². The fourth-order valence-electron chi connectivity index (χ4n) is 3.47. The van der Waals surface area contributed by atoms with Gasteiger partial charge in [-0.3, -0.25) is 5.32 Å². The molecular weight excluding hydrogens is 599 g/mol. The molecular formula is C25H17F4N9S3. The van der Waals surface area contributed by atoms with Gasteiger partial charge in [0.2, 0.25) is 17.8 Å². The van der Waals surface area contributed by atoms with Crippen molar-refractivity contribution in [2.24, 2.45) is 0 Å². The zero-order valence-corrected chi connectivity index (χ0v) is 22.9. The predicted octanol–water partition coefficient (Wildman–Crippen LogP) is 7.00. The van der Waals surface area contributed by atoms with Crippen molar-refractivity contribution in [3.05, 3.63) is 84.2 Å². The summed E-state index contributed by atoms with van der Waals surface area (Å²) in [6.07, 6.45) is -4.60. The van der Waals surface area contributed by atoms with E-state index in [2.05, 4.69) is 46.5 Å². The molecule has 0 bridgehead atoms. The fourth-order valence-corrected chi connectivity index (χ4v) is 4.77. The van der Waals surface area contributed by atoms with Crippen molar-refractivity contribution in [2.45, 2.75) is 6.18 Å². The molecule has 5 N–H and O–H groups in total. The lowest BCUT2D eigenvalue weighted by molar-refractivity contribution is -0.136. The van der Waals surface area contributed by atoms with Gasteiger partial charge in [0.05, 0.1) is 21.5 Å². The van der Waals surface area contributed by atoms with E-state index < -0.39 is 17.6 Å². The Kier molecular flexibility index (Phi) is 8.14. The minimum absolute atomic E-state index is 0.00512. The molecule has 9 nitrogen and oxygen atoms in total. The summed E-state index contributed by atoms with van der Waals surface area (Å²) >= 11 is 11.8. The summed E-state index contributed by atoms with van der Waals surface area (Å²) in [4.78, 5) is 17.2. The molecule has 3 aromatic carbocycles. The van der Waals surface area contributed by atoms with E-state index in [1.54, 1.807) is 12.1 Å². The van der Waals surface area contributed by atoms with E-state index in [0.717, 1.165) is 6.07 Å². The molecule has 16 heteroatoms. The van der Waals surface area contributed by atoms with E-state index in [1.807, 2.05) is 18.2 Å². The Balaban J connectivity index is 1.39. The second-order valence-electron chi connectivity index (χ2n) is 8.13. The number of nitrogens with one attached hydrogen (secondary N) is 5. The first-order valence-corrected chi connectivity index (χ1v) is 13.2. The Bertz CT molecular complexity index is 1730. The summed E-state index contributed by atoms with van der Waals surface area (Å²) in [5.74, 6) is -0.519. The lowest BCUT2D eigenvalue weighted by Crippen LogP contribution is -2.24. The smallest absolute Gasteiger partial charge is 0.332 e. The van der Waals surface area contributed by atoms with Crippen LogP contribution in [0.25, 0.3) is 10.2 Å². The number of hydrogen-bond acceptors (Lipinski definition) is 8. The van der Waals surface area contributed by atoms with Crippen LogP contribution in [0.5, 0.6) is 0 Å². The molecule has 5 rings (SSSR count). The lowest BCUT2D eigenvalue weighted by atomic mass is 10.2. The minimum Gasteiger partial charge on any atom is -0.332 e. The van der Waals surface area contributed by atoms with Gasteiger partial charge in [-0.2, -0.15) is 28.1 Å². The first-order chi connectivity index (χ1) is 19.6. The molecule has 0 radical (unpaired) electrons. The van der Waals surface area contributed by atoms with Gasteiger partial charge in [-0.15, -0.1) is 0 Å². The average Bonchev–Trinajstić information content (AvgIpc) is 3.29. The molecule has 0 aliphatic rings. The third-order valence-electron chi connectivity index (χ3n) is 5.17. The Morgan fingerprint density at radius 3 is 2.05 bits per heavy atom. The summed E-state index contributed by atoms with van der Waals surface area (Å²) < 4.78 is 54.5. The van der Waals surface area contributed by atoms with Crippen molar-refractivity contribution < 1.29 is 17.6 Å². The van der Waals surface area contributed by atoms with Crippen LogP contribution in [0.4, 0.5) is 51.9 Å². The second kappa shape index (κ2) is 11.9. The quantitative estimate of drug-likeness (QED) is 0.101. The van der Waals surface area contributed by atoms with Gasteiger partial charge >= 0.3 is 6.18 Å². The molecule has 41 heavy (non-hydrogen) atoms. The molecule has 0 aliphatic carbocycles. The van der Waals surface area contributed by atoms with Crippen LogP contribution in [0.15, 0.2) is 72.8 Å². The van der Waals surface area contributed by atoms with Gasteiger partial charge in [-0.1, -0.05) is 41.7 Å². The van der Waals surface area contributed by atoms with Gasteiger partial charge < -0.3 is 21.3 Å². The highest BCUT2D eigenvalue weighted by Gasteiger charge is 2.33. The maximum absolute atomic E-state index is 13.6. The van der Waals surface area contributed by atoms with Crippen molar-refractivity contribution in [3.8, 4) is 0 Å². The van der Waals surface area contributed by atoms with E-state index in [4.69, 9.17) is 24.4 Å². The second-order valence-corrected chi connectivity index (χ2v) is 9.98. The van der Waals surface area contributed by atoms with Crippen molar-refractivity contribution in [3.63, 3.8) is 0 Å². The van der Waals surface area contributed by atoms with E-state index in [9.17, 15) is 17.6 Å². The number of anilines is 6. The molecule has 0 saturated carbocycles.